The second-order valence-corrected chi connectivity index (χ2v) is 5.52. The summed E-state index contributed by atoms with van der Waals surface area (Å²) in [6.07, 6.45) is 0. The third-order valence-corrected chi connectivity index (χ3v) is 4.04. The lowest BCUT2D eigenvalue weighted by atomic mass is 10.1. The quantitative estimate of drug-likeness (QED) is 0.777. The van der Waals surface area contributed by atoms with Gasteiger partial charge in [-0.15, -0.1) is 0 Å². The largest absolute Gasteiger partial charge is 0.345 e. The summed E-state index contributed by atoms with van der Waals surface area (Å²) in [5.74, 6) is -0.348. The van der Waals surface area contributed by atoms with Crippen molar-refractivity contribution in [3.05, 3.63) is 68.7 Å². The molecular weight excluding hydrogens is 317 g/mol. The third-order valence-electron chi connectivity index (χ3n) is 2.92. The Bertz CT molecular complexity index is 629. The zero-order valence-corrected chi connectivity index (χ0v) is 12.9. The fourth-order valence-corrected chi connectivity index (χ4v) is 2.53. The summed E-state index contributed by atoms with van der Waals surface area (Å²) in [6, 6.07) is 12.6. The lowest BCUT2D eigenvalue weighted by Gasteiger charge is -2.16. The molecule has 2 aromatic carbocycles. The number of rotatable bonds is 3. The Morgan fingerprint density at radius 2 is 1.60 bits per heavy atom. The molecule has 0 saturated carbocycles. The first-order chi connectivity index (χ1) is 9.50. The monoisotopic (exact) mass is 327 g/mol. The van der Waals surface area contributed by atoms with Gasteiger partial charge < -0.3 is 5.32 Å². The summed E-state index contributed by atoms with van der Waals surface area (Å²) in [5.41, 5.74) is 1.19. The van der Waals surface area contributed by atoms with Crippen LogP contribution < -0.4 is 5.32 Å². The number of carbonyl (C=O) groups is 1. The predicted molar refractivity (Wildman–Crippen MR) is 83.8 cm³/mol. The minimum atomic E-state index is -0.348. The van der Waals surface area contributed by atoms with E-state index in [4.69, 9.17) is 34.8 Å². The molecule has 1 amide bonds. The van der Waals surface area contributed by atoms with Crippen molar-refractivity contribution in [1.29, 1.82) is 0 Å². The molecule has 104 valence electrons. The number of hydrogen-bond acceptors (Lipinski definition) is 1. The van der Waals surface area contributed by atoms with Crippen molar-refractivity contribution in [3.8, 4) is 0 Å². The van der Waals surface area contributed by atoms with Gasteiger partial charge >= 0.3 is 0 Å². The summed E-state index contributed by atoms with van der Waals surface area (Å²) in [7, 11) is 0. The molecule has 1 unspecified atom stereocenters. The summed E-state index contributed by atoms with van der Waals surface area (Å²) in [5, 5.41) is 3.59. The smallest absolute Gasteiger partial charge is 0.254 e. The Hall–Kier alpha value is -1.22. The van der Waals surface area contributed by atoms with E-state index in [1.165, 1.54) is 0 Å². The zero-order valence-electron chi connectivity index (χ0n) is 10.7. The molecule has 0 aliphatic carbocycles. The van der Waals surface area contributed by atoms with Crippen LogP contribution in [0.5, 0.6) is 0 Å². The summed E-state index contributed by atoms with van der Waals surface area (Å²) < 4.78 is 0. The van der Waals surface area contributed by atoms with Gasteiger partial charge in [0, 0.05) is 0 Å². The van der Waals surface area contributed by atoms with E-state index >= 15 is 0 Å². The molecule has 2 nitrogen and oxygen atoms in total. The van der Waals surface area contributed by atoms with Crippen molar-refractivity contribution >= 4 is 40.7 Å². The molecule has 2 aromatic rings. The van der Waals surface area contributed by atoms with E-state index < -0.39 is 0 Å². The first-order valence-electron chi connectivity index (χ1n) is 6.00. The molecule has 0 radical (unpaired) electrons. The standard InChI is InChI=1S/C15H12Cl3NO/c1-9(10-5-3-2-4-6-10)19-15(20)13-11(16)7-8-12(17)14(13)18/h2-9H,1H3,(H,19,20). The lowest BCUT2D eigenvalue weighted by Crippen LogP contribution is -2.27. The number of nitrogens with one attached hydrogen (secondary N) is 1. The van der Waals surface area contributed by atoms with E-state index in [2.05, 4.69) is 5.32 Å². The first-order valence-corrected chi connectivity index (χ1v) is 7.13. The van der Waals surface area contributed by atoms with Crippen LogP contribution in [-0.4, -0.2) is 5.91 Å². The highest BCUT2D eigenvalue weighted by Crippen LogP contribution is 2.31. The van der Waals surface area contributed by atoms with Gasteiger partial charge in [-0.2, -0.15) is 0 Å². The van der Waals surface area contributed by atoms with Crippen molar-refractivity contribution in [2.45, 2.75) is 13.0 Å². The van der Waals surface area contributed by atoms with Crippen molar-refractivity contribution in [1.82, 2.24) is 5.32 Å². The Morgan fingerprint density at radius 3 is 2.25 bits per heavy atom. The summed E-state index contributed by atoms with van der Waals surface area (Å²) in [6.45, 7) is 1.89. The van der Waals surface area contributed by atoms with Gasteiger partial charge in [-0.1, -0.05) is 65.1 Å². The van der Waals surface area contributed by atoms with Crippen LogP contribution in [0, 0.1) is 0 Å². The van der Waals surface area contributed by atoms with E-state index in [0.717, 1.165) is 5.56 Å². The van der Waals surface area contributed by atoms with E-state index in [1.54, 1.807) is 12.1 Å². The Morgan fingerprint density at radius 1 is 1.00 bits per heavy atom. The maximum absolute atomic E-state index is 12.3. The van der Waals surface area contributed by atoms with E-state index in [0.29, 0.717) is 5.02 Å². The molecule has 5 heteroatoms. The van der Waals surface area contributed by atoms with Crippen molar-refractivity contribution in [2.75, 3.05) is 0 Å². The van der Waals surface area contributed by atoms with Crippen molar-refractivity contribution < 1.29 is 4.79 Å². The van der Waals surface area contributed by atoms with Crippen LogP contribution in [0.4, 0.5) is 0 Å². The molecule has 0 saturated heterocycles. The Labute approximate surface area is 132 Å². The van der Waals surface area contributed by atoms with Gasteiger partial charge in [0.1, 0.15) is 0 Å². The molecular formula is C15H12Cl3NO. The van der Waals surface area contributed by atoms with Gasteiger partial charge in [0.25, 0.3) is 5.91 Å². The highest BCUT2D eigenvalue weighted by molar-refractivity contribution is 6.46. The van der Waals surface area contributed by atoms with E-state index in [-0.39, 0.29) is 27.6 Å². The highest BCUT2D eigenvalue weighted by Gasteiger charge is 2.19. The molecule has 2 rings (SSSR count). The molecule has 0 aliphatic heterocycles. The SMILES string of the molecule is CC(NC(=O)c1c(Cl)ccc(Cl)c1Cl)c1ccccc1. The van der Waals surface area contributed by atoms with Crippen LogP contribution >= 0.6 is 34.8 Å². The highest BCUT2D eigenvalue weighted by atomic mass is 35.5. The van der Waals surface area contributed by atoms with Crippen LogP contribution in [0.2, 0.25) is 15.1 Å². The molecule has 0 heterocycles. The predicted octanol–water partition coefficient (Wildman–Crippen LogP) is 5.14. The molecule has 0 spiro atoms. The Balaban J connectivity index is 2.23. The van der Waals surface area contributed by atoms with Gasteiger partial charge in [0.05, 0.1) is 26.7 Å². The van der Waals surface area contributed by atoms with Crippen LogP contribution in [0.1, 0.15) is 28.9 Å². The zero-order chi connectivity index (χ0) is 14.7. The minimum Gasteiger partial charge on any atom is -0.345 e. The number of carbonyl (C=O) groups excluding carboxylic acids is 1. The first kappa shape index (κ1) is 15.2. The molecule has 1 atom stereocenters. The van der Waals surface area contributed by atoms with Gasteiger partial charge in [0.2, 0.25) is 0 Å². The average Bonchev–Trinajstić information content (AvgIpc) is 2.44. The van der Waals surface area contributed by atoms with Gasteiger partial charge in [-0.25, -0.2) is 0 Å². The van der Waals surface area contributed by atoms with E-state index in [1.807, 2.05) is 37.3 Å². The lowest BCUT2D eigenvalue weighted by molar-refractivity contribution is 0.0940. The number of hydrogen-bond donors (Lipinski definition) is 1. The molecule has 20 heavy (non-hydrogen) atoms. The van der Waals surface area contributed by atoms with E-state index in [9.17, 15) is 4.79 Å². The molecule has 0 aromatic heterocycles. The maximum atomic E-state index is 12.3. The molecule has 0 bridgehead atoms. The second kappa shape index (κ2) is 6.49. The fraction of sp³-hybridized carbons (Fsp3) is 0.133. The third kappa shape index (κ3) is 3.26. The normalized spacial score (nSPS) is 12.0. The molecule has 1 N–H and O–H groups in total. The average molecular weight is 329 g/mol. The number of amides is 1. The van der Waals surface area contributed by atoms with Crippen LogP contribution in [0.15, 0.2) is 42.5 Å². The maximum Gasteiger partial charge on any atom is 0.254 e. The Kier molecular flexibility index (Phi) is 4.92. The van der Waals surface area contributed by atoms with Gasteiger partial charge in [-0.05, 0) is 24.6 Å². The van der Waals surface area contributed by atoms with Gasteiger partial charge in [0.15, 0.2) is 0 Å². The summed E-state index contributed by atoms with van der Waals surface area (Å²) in [4.78, 5) is 12.3. The number of benzene rings is 2. The molecule has 0 aliphatic rings. The van der Waals surface area contributed by atoms with Crippen LogP contribution in [0.3, 0.4) is 0 Å². The van der Waals surface area contributed by atoms with Gasteiger partial charge in [-0.3, -0.25) is 4.79 Å². The van der Waals surface area contributed by atoms with Crippen molar-refractivity contribution in [2.24, 2.45) is 0 Å². The van der Waals surface area contributed by atoms with Crippen molar-refractivity contribution in [3.63, 3.8) is 0 Å². The number of halogens is 3. The topological polar surface area (TPSA) is 29.1 Å². The second-order valence-electron chi connectivity index (χ2n) is 4.32. The fourth-order valence-electron chi connectivity index (χ4n) is 1.83. The molecule has 0 fully saturated rings. The minimum absolute atomic E-state index is 0.158. The summed E-state index contributed by atoms with van der Waals surface area (Å²) >= 11 is 18.0. The van der Waals surface area contributed by atoms with Crippen LogP contribution in [0.25, 0.3) is 0 Å². The van der Waals surface area contributed by atoms with Crippen LogP contribution in [-0.2, 0) is 0 Å².